The van der Waals surface area contributed by atoms with E-state index < -0.39 is 0 Å². The molecule has 4 nitrogen and oxygen atoms in total. The first-order valence-electron chi connectivity index (χ1n) is 6.31. The molecule has 1 saturated carbocycles. The molecule has 1 aliphatic heterocycles. The highest BCUT2D eigenvalue weighted by Crippen LogP contribution is 2.28. The molecule has 0 aromatic heterocycles. The Hall–Kier alpha value is -0.160. The maximum absolute atomic E-state index is 6.21. The van der Waals surface area contributed by atoms with Gasteiger partial charge in [-0.15, -0.1) is 0 Å². The Bertz CT molecular complexity index is 213. The average Bonchev–Trinajstić information content (AvgIpc) is 2.96. The minimum absolute atomic E-state index is 0.134. The summed E-state index contributed by atoms with van der Waals surface area (Å²) in [6, 6.07) is 0. The van der Waals surface area contributed by atoms with E-state index in [0.717, 1.165) is 45.2 Å². The van der Waals surface area contributed by atoms with E-state index in [1.807, 2.05) is 0 Å². The molecule has 1 atom stereocenters. The van der Waals surface area contributed by atoms with Crippen molar-refractivity contribution >= 4 is 0 Å². The van der Waals surface area contributed by atoms with Crippen molar-refractivity contribution in [2.45, 2.75) is 24.8 Å². The van der Waals surface area contributed by atoms with Crippen LogP contribution in [-0.4, -0.2) is 57.0 Å². The highest BCUT2D eigenvalue weighted by molar-refractivity contribution is 4.90. The lowest BCUT2D eigenvalue weighted by Gasteiger charge is -2.28. The van der Waals surface area contributed by atoms with Crippen LogP contribution in [0.15, 0.2) is 0 Å². The summed E-state index contributed by atoms with van der Waals surface area (Å²) in [4.78, 5) is 2.25. The summed E-state index contributed by atoms with van der Waals surface area (Å²) in [5.74, 6) is 0.856. The van der Waals surface area contributed by atoms with Gasteiger partial charge in [-0.1, -0.05) is 0 Å². The molecule has 4 heteroatoms. The Morgan fingerprint density at radius 1 is 1.50 bits per heavy atom. The Morgan fingerprint density at radius 2 is 2.31 bits per heavy atom. The molecular weight excluding hydrogens is 204 g/mol. The molecule has 2 fully saturated rings. The van der Waals surface area contributed by atoms with Crippen molar-refractivity contribution in [1.29, 1.82) is 0 Å². The number of nitrogens with zero attached hydrogens (tertiary/aromatic N) is 1. The van der Waals surface area contributed by atoms with Crippen LogP contribution in [0.3, 0.4) is 0 Å². The summed E-state index contributed by atoms with van der Waals surface area (Å²) in [7, 11) is 2.10. The predicted octanol–water partition coefficient (Wildman–Crippen LogP) is 0.463. The van der Waals surface area contributed by atoms with Crippen molar-refractivity contribution in [3.05, 3.63) is 0 Å². The summed E-state index contributed by atoms with van der Waals surface area (Å²) < 4.78 is 11.0. The van der Waals surface area contributed by atoms with Crippen LogP contribution in [0.2, 0.25) is 0 Å². The van der Waals surface area contributed by atoms with Gasteiger partial charge in [0.1, 0.15) is 0 Å². The van der Waals surface area contributed by atoms with Gasteiger partial charge in [-0.05, 0) is 32.2 Å². The fraction of sp³-hybridized carbons (Fsp3) is 1.00. The van der Waals surface area contributed by atoms with Crippen molar-refractivity contribution in [2.24, 2.45) is 11.7 Å². The number of rotatable bonds is 7. The third-order valence-electron chi connectivity index (χ3n) is 3.39. The summed E-state index contributed by atoms with van der Waals surface area (Å²) in [6.45, 7) is 5.14. The fourth-order valence-corrected chi connectivity index (χ4v) is 2.12. The molecular formula is C12H24N2O2. The van der Waals surface area contributed by atoms with E-state index in [1.165, 1.54) is 12.8 Å². The van der Waals surface area contributed by atoms with Crippen LogP contribution >= 0.6 is 0 Å². The molecule has 1 heterocycles. The van der Waals surface area contributed by atoms with E-state index in [4.69, 9.17) is 15.2 Å². The van der Waals surface area contributed by atoms with E-state index >= 15 is 0 Å². The maximum atomic E-state index is 6.21. The van der Waals surface area contributed by atoms with Crippen LogP contribution in [-0.2, 0) is 9.47 Å². The zero-order chi connectivity index (χ0) is 11.4. The molecule has 0 radical (unpaired) electrons. The van der Waals surface area contributed by atoms with Gasteiger partial charge in [0.2, 0.25) is 0 Å². The van der Waals surface area contributed by atoms with Gasteiger partial charge < -0.3 is 20.1 Å². The van der Waals surface area contributed by atoms with Crippen LogP contribution in [0.25, 0.3) is 0 Å². The zero-order valence-electron chi connectivity index (χ0n) is 10.3. The number of hydrogen-bond donors (Lipinski definition) is 1. The Labute approximate surface area is 98.1 Å². The lowest BCUT2D eigenvalue weighted by atomic mass is 10.00. The summed E-state index contributed by atoms with van der Waals surface area (Å²) >= 11 is 0. The Kier molecular flexibility index (Phi) is 4.19. The Balaban J connectivity index is 1.54. The SMILES string of the molecule is CN(CCOCC1CC1)CC1(N)CCOC1. The molecule has 0 spiro atoms. The molecule has 94 valence electrons. The lowest BCUT2D eigenvalue weighted by Crippen LogP contribution is -2.50. The third kappa shape index (κ3) is 4.01. The van der Waals surface area contributed by atoms with Crippen LogP contribution in [0.1, 0.15) is 19.3 Å². The molecule has 2 aliphatic rings. The molecule has 2 N–H and O–H groups in total. The molecule has 1 aliphatic carbocycles. The zero-order valence-corrected chi connectivity index (χ0v) is 10.3. The van der Waals surface area contributed by atoms with E-state index in [1.54, 1.807) is 0 Å². The third-order valence-corrected chi connectivity index (χ3v) is 3.39. The summed E-state index contributed by atoms with van der Waals surface area (Å²) in [5.41, 5.74) is 6.08. The largest absolute Gasteiger partial charge is 0.380 e. The van der Waals surface area contributed by atoms with Crippen molar-refractivity contribution in [3.8, 4) is 0 Å². The predicted molar refractivity (Wildman–Crippen MR) is 63.4 cm³/mol. The smallest absolute Gasteiger partial charge is 0.0659 e. The maximum Gasteiger partial charge on any atom is 0.0659 e. The average molecular weight is 228 g/mol. The molecule has 0 aromatic carbocycles. The second-order valence-electron chi connectivity index (χ2n) is 5.42. The molecule has 2 rings (SSSR count). The standard InChI is InChI=1S/C12H24N2O2/c1-14(5-7-15-8-11-2-3-11)9-12(13)4-6-16-10-12/h11H,2-10,13H2,1H3. The number of likely N-dealkylation sites (N-methyl/N-ethyl adjacent to an activating group) is 1. The van der Waals surface area contributed by atoms with Gasteiger partial charge in [-0.3, -0.25) is 0 Å². The fourth-order valence-electron chi connectivity index (χ4n) is 2.12. The first-order chi connectivity index (χ1) is 7.68. The second-order valence-corrected chi connectivity index (χ2v) is 5.42. The number of nitrogens with two attached hydrogens (primary N) is 1. The minimum Gasteiger partial charge on any atom is -0.380 e. The highest BCUT2D eigenvalue weighted by atomic mass is 16.5. The molecule has 0 bridgehead atoms. The van der Waals surface area contributed by atoms with E-state index in [-0.39, 0.29) is 5.54 Å². The van der Waals surface area contributed by atoms with Gasteiger partial charge in [-0.25, -0.2) is 0 Å². The van der Waals surface area contributed by atoms with Crippen molar-refractivity contribution in [3.63, 3.8) is 0 Å². The van der Waals surface area contributed by atoms with E-state index in [9.17, 15) is 0 Å². The second kappa shape index (κ2) is 5.45. The number of ether oxygens (including phenoxy) is 2. The monoisotopic (exact) mass is 228 g/mol. The van der Waals surface area contributed by atoms with Crippen LogP contribution in [0.4, 0.5) is 0 Å². The molecule has 1 unspecified atom stereocenters. The first kappa shape index (κ1) is 12.3. The minimum atomic E-state index is -0.134. The van der Waals surface area contributed by atoms with Gasteiger partial charge in [0.05, 0.1) is 18.8 Å². The van der Waals surface area contributed by atoms with E-state index in [0.29, 0.717) is 6.61 Å². The highest BCUT2D eigenvalue weighted by Gasteiger charge is 2.31. The quantitative estimate of drug-likeness (QED) is 0.643. The Morgan fingerprint density at radius 3 is 2.94 bits per heavy atom. The summed E-state index contributed by atoms with van der Waals surface area (Å²) in [6.07, 6.45) is 3.69. The summed E-state index contributed by atoms with van der Waals surface area (Å²) in [5, 5.41) is 0. The molecule has 1 saturated heterocycles. The van der Waals surface area contributed by atoms with Gasteiger partial charge >= 0.3 is 0 Å². The van der Waals surface area contributed by atoms with Crippen molar-refractivity contribution in [2.75, 3.05) is 46.6 Å². The van der Waals surface area contributed by atoms with Crippen LogP contribution in [0.5, 0.6) is 0 Å². The van der Waals surface area contributed by atoms with E-state index in [2.05, 4.69) is 11.9 Å². The van der Waals surface area contributed by atoms with Gasteiger partial charge in [0.25, 0.3) is 0 Å². The van der Waals surface area contributed by atoms with Crippen LogP contribution in [0, 0.1) is 5.92 Å². The topological polar surface area (TPSA) is 47.7 Å². The van der Waals surface area contributed by atoms with Crippen molar-refractivity contribution < 1.29 is 9.47 Å². The van der Waals surface area contributed by atoms with Crippen molar-refractivity contribution in [1.82, 2.24) is 4.90 Å². The lowest BCUT2D eigenvalue weighted by molar-refractivity contribution is 0.0940. The number of hydrogen-bond acceptors (Lipinski definition) is 4. The molecule has 0 aromatic rings. The first-order valence-corrected chi connectivity index (χ1v) is 6.31. The van der Waals surface area contributed by atoms with Crippen LogP contribution < -0.4 is 5.73 Å². The molecule has 16 heavy (non-hydrogen) atoms. The van der Waals surface area contributed by atoms with Gasteiger partial charge in [0.15, 0.2) is 0 Å². The molecule has 0 amide bonds. The normalized spacial score (nSPS) is 30.2. The van der Waals surface area contributed by atoms with Gasteiger partial charge in [-0.2, -0.15) is 0 Å². The van der Waals surface area contributed by atoms with Gasteiger partial charge in [0, 0.05) is 26.3 Å².